The molecule has 2 N–H and O–H groups in total. The van der Waals surface area contributed by atoms with Gasteiger partial charge in [-0.1, -0.05) is 0 Å². The van der Waals surface area contributed by atoms with Crippen LogP contribution in [0.15, 0.2) is 18.2 Å². The van der Waals surface area contributed by atoms with Crippen LogP contribution in [0.3, 0.4) is 0 Å². The highest BCUT2D eigenvalue weighted by molar-refractivity contribution is 7.99. The summed E-state index contributed by atoms with van der Waals surface area (Å²) in [5.41, 5.74) is 5.95. The van der Waals surface area contributed by atoms with Gasteiger partial charge in [-0.15, -0.1) is 0 Å². The summed E-state index contributed by atoms with van der Waals surface area (Å²) in [5.74, 6) is -0.617. The van der Waals surface area contributed by atoms with Crippen LogP contribution in [0.1, 0.15) is 19.5 Å². The number of benzene rings is 1. The summed E-state index contributed by atoms with van der Waals surface area (Å²) in [6, 6.07) is 4.29. The van der Waals surface area contributed by atoms with Crippen molar-refractivity contribution in [1.29, 1.82) is 0 Å². The van der Waals surface area contributed by atoms with Gasteiger partial charge >= 0.3 is 0 Å². The van der Waals surface area contributed by atoms with Crippen LogP contribution in [0.5, 0.6) is 0 Å². The predicted octanol–water partition coefficient (Wildman–Crippen LogP) is 3.44. The first kappa shape index (κ1) is 18.8. The number of hydrogen-bond acceptors (Lipinski definition) is 6. The molecule has 2 heterocycles. The van der Waals surface area contributed by atoms with Crippen LogP contribution in [-0.4, -0.2) is 42.5 Å². The van der Waals surface area contributed by atoms with E-state index in [0.29, 0.717) is 26.3 Å². The standard InChI is InChI=1S/C18H22F2N4OS/c1-18(2,26-3)14-10-15(24-4-6-25-7-5-24)23-17(22-14)11-8-12(19)16(21)13(20)9-11/h8-10H,4-7,21H2,1-3H3. The number of morpholine rings is 1. The molecule has 3 rings (SSSR count). The molecule has 2 aromatic rings. The molecule has 0 saturated carbocycles. The van der Waals surface area contributed by atoms with Crippen LogP contribution in [0.2, 0.25) is 0 Å². The topological polar surface area (TPSA) is 64.3 Å². The third-order valence-corrected chi connectivity index (χ3v) is 5.74. The number of hydrogen-bond donors (Lipinski definition) is 1. The lowest BCUT2D eigenvalue weighted by molar-refractivity contribution is 0.122. The number of rotatable bonds is 4. The van der Waals surface area contributed by atoms with Crippen LogP contribution >= 0.6 is 11.8 Å². The van der Waals surface area contributed by atoms with E-state index in [9.17, 15) is 8.78 Å². The molecule has 5 nitrogen and oxygen atoms in total. The Hall–Kier alpha value is -1.93. The Labute approximate surface area is 156 Å². The smallest absolute Gasteiger partial charge is 0.162 e. The minimum atomic E-state index is -0.814. The number of thioether (sulfide) groups is 1. The minimum absolute atomic E-state index is 0.266. The molecule has 1 aliphatic rings. The first-order valence-corrected chi connectivity index (χ1v) is 9.56. The monoisotopic (exact) mass is 380 g/mol. The second-order valence-electron chi connectivity index (χ2n) is 6.60. The number of aromatic nitrogens is 2. The van der Waals surface area contributed by atoms with Crippen LogP contribution in [0.25, 0.3) is 11.4 Å². The summed E-state index contributed by atoms with van der Waals surface area (Å²) in [6.45, 7) is 6.76. The maximum absolute atomic E-state index is 13.9. The molecular weight excluding hydrogens is 358 g/mol. The van der Waals surface area contributed by atoms with Crippen molar-refractivity contribution in [3.63, 3.8) is 0 Å². The zero-order valence-corrected chi connectivity index (χ0v) is 15.9. The van der Waals surface area contributed by atoms with E-state index in [-0.39, 0.29) is 16.1 Å². The zero-order chi connectivity index (χ0) is 18.9. The van der Waals surface area contributed by atoms with E-state index in [0.717, 1.165) is 11.5 Å². The molecule has 140 valence electrons. The summed E-state index contributed by atoms with van der Waals surface area (Å²) in [4.78, 5) is 11.2. The normalized spacial score (nSPS) is 15.3. The van der Waals surface area contributed by atoms with Crippen molar-refractivity contribution >= 4 is 23.3 Å². The molecular formula is C18H22F2N4OS. The van der Waals surface area contributed by atoms with Crippen LogP contribution in [0, 0.1) is 11.6 Å². The lowest BCUT2D eigenvalue weighted by atomic mass is 10.1. The molecule has 0 atom stereocenters. The summed E-state index contributed by atoms with van der Waals surface area (Å²) in [6.07, 6.45) is 2.00. The van der Waals surface area contributed by atoms with Gasteiger partial charge in [-0.05, 0) is 32.2 Å². The van der Waals surface area contributed by atoms with E-state index in [4.69, 9.17) is 10.5 Å². The molecule has 1 aromatic heterocycles. The van der Waals surface area contributed by atoms with Crippen LogP contribution in [0.4, 0.5) is 20.3 Å². The highest BCUT2D eigenvalue weighted by atomic mass is 32.2. The molecule has 0 unspecified atom stereocenters. The second-order valence-corrected chi connectivity index (χ2v) is 8.03. The first-order chi connectivity index (χ1) is 12.3. The fourth-order valence-corrected chi connectivity index (χ4v) is 2.96. The van der Waals surface area contributed by atoms with E-state index in [1.807, 2.05) is 12.3 Å². The van der Waals surface area contributed by atoms with Crippen LogP contribution < -0.4 is 10.6 Å². The van der Waals surface area contributed by atoms with Crippen molar-refractivity contribution in [2.24, 2.45) is 0 Å². The molecule has 0 bridgehead atoms. The molecule has 1 aliphatic heterocycles. The van der Waals surface area contributed by atoms with Crippen molar-refractivity contribution in [2.45, 2.75) is 18.6 Å². The molecule has 1 fully saturated rings. The summed E-state index contributed by atoms with van der Waals surface area (Å²) in [7, 11) is 0. The fourth-order valence-electron chi connectivity index (χ4n) is 2.64. The van der Waals surface area contributed by atoms with E-state index in [1.54, 1.807) is 11.8 Å². The van der Waals surface area contributed by atoms with Gasteiger partial charge in [0, 0.05) is 24.7 Å². The summed E-state index contributed by atoms with van der Waals surface area (Å²) in [5, 5.41) is 0. The highest BCUT2D eigenvalue weighted by Crippen LogP contribution is 2.35. The average molecular weight is 380 g/mol. The zero-order valence-electron chi connectivity index (χ0n) is 15.1. The van der Waals surface area contributed by atoms with Crippen molar-refractivity contribution < 1.29 is 13.5 Å². The minimum Gasteiger partial charge on any atom is -0.394 e. The molecule has 0 amide bonds. The molecule has 1 saturated heterocycles. The lowest BCUT2D eigenvalue weighted by Gasteiger charge is -2.30. The Morgan fingerprint density at radius 3 is 2.31 bits per heavy atom. The van der Waals surface area contributed by atoms with E-state index in [1.165, 1.54) is 12.1 Å². The molecule has 0 radical (unpaired) electrons. The van der Waals surface area contributed by atoms with Gasteiger partial charge in [0.2, 0.25) is 0 Å². The van der Waals surface area contributed by atoms with Crippen LogP contribution in [-0.2, 0) is 9.48 Å². The number of nitrogens with zero attached hydrogens (tertiary/aromatic N) is 3. The highest BCUT2D eigenvalue weighted by Gasteiger charge is 2.25. The molecule has 1 aromatic carbocycles. The molecule has 26 heavy (non-hydrogen) atoms. The van der Waals surface area contributed by atoms with Crippen molar-refractivity contribution in [1.82, 2.24) is 9.97 Å². The largest absolute Gasteiger partial charge is 0.394 e. The number of nitrogen functional groups attached to an aromatic ring is 1. The third kappa shape index (κ3) is 3.76. The van der Waals surface area contributed by atoms with Crippen molar-refractivity contribution in [3.8, 4) is 11.4 Å². The Kier molecular flexibility index (Phi) is 5.34. The van der Waals surface area contributed by atoms with Gasteiger partial charge in [0.1, 0.15) is 23.1 Å². The maximum Gasteiger partial charge on any atom is 0.162 e. The summed E-state index contributed by atoms with van der Waals surface area (Å²) >= 11 is 1.65. The lowest BCUT2D eigenvalue weighted by Crippen LogP contribution is -2.37. The first-order valence-electron chi connectivity index (χ1n) is 8.34. The van der Waals surface area contributed by atoms with E-state index in [2.05, 4.69) is 28.7 Å². The van der Waals surface area contributed by atoms with Gasteiger partial charge < -0.3 is 15.4 Å². The van der Waals surface area contributed by atoms with Gasteiger partial charge in [-0.2, -0.15) is 11.8 Å². The Balaban J connectivity index is 2.13. The van der Waals surface area contributed by atoms with Gasteiger partial charge in [-0.25, -0.2) is 18.7 Å². The maximum atomic E-state index is 13.9. The van der Waals surface area contributed by atoms with Crippen molar-refractivity contribution in [3.05, 3.63) is 35.5 Å². The second kappa shape index (κ2) is 7.36. The third-order valence-electron chi connectivity index (χ3n) is 4.51. The number of halogens is 2. The van der Waals surface area contributed by atoms with Gasteiger partial charge in [0.15, 0.2) is 5.82 Å². The number of nitrogens with two attached hydrogens (primary N) is 1. The van der Waals surface area contributed by atoms with E-state index < -0.39 is 17.3 Å². The van der Waals surface area contributed by atoms with Gasteiger partial charge in [-0.3, -0.25) is 0 Å². The number of anilines is 2. The molecule has 0 spiro atoms. The Morgan fingerprint density at radius 2 is 1.73 bits per heavy atom. The predicted molar refractivity (Wildman–Crippen MR) is 101 cm³/mol. The molecule has 8 heteroatoms. The Morgan fingerprint density at radius 1 is 1.12 bits per heavy atom. The van der Waals surface area contributed by atoms with Gasteiger partial charge in [0.25, 0.3) is 0 Å². The summed E-state index contributed by atoms with van der Waals surface area (Å²) < 4.78 is 33.0. The average Bonchev–Trinajstić information content (AvgIpc) is 2.66. The van der Waals surface area contributed by atoms with E-state index >= 15 is 0 Å². The van der Waals surface area contributed by atoms with Crippen molar-refractivity contribution in [2.75, 3.05) is 43.2 Å². The SMILES string of the molecule is CSC(C)(C)c1cc(N2CCOCC2)nc(-c2cc(F)c(N)c(F)c2)n1. The Bertz CT molecular complexity index is 787. The fraction of sp³-hybridized carbons (Fsp3) is 0.444. The van der Waals surface area contributed by atoms with Gasteiger partial charge in [0.05, 0.1) is 23.7 Å². The number of ether oxygens (including phenoxy) is 1. The molecule has 0 aliphatic carbocycles. The quantitative estimate of drug-likeness (QED) is 0.820.